The fourth-order valence-electron chi connectivity index (χ4n) is 3.00. The van der Waals surface area contributed by atoms with Gasteiger partial charge in [0.2, 0.25) is 0 Å². The molecule has 5 nitrogen and oxygen atoms in total. The molecule has 0 atom stereocenters. The van der Waals surface area contributed by atoms with E-state index < -0.39 is 11.8 Å². The number of hydrogen-bond acceptors (Lipinski definition) is 3. The second-order valence-corrected chi connectivity index (χ2v) is 5.98. The van der Waals surface area contributed by atoms with Gasteiger partial charge in [-0.3, -0.25) is 9.59 Å². The largest absolute Gasteiger partial charge is 0.492 e. The van der Waals surface area contributed by atoms with Gasteiger partial charge in [0, 0.05) is 6.04 Å². The summed E-state index contributed by atoms with van der Waals surface area (Å²) in [5, 5.41) is 5.47. The monoisotopic (exact) mass is 318 g/mol. The SMILES string of the molecule is CCOc1ccccc1NC(=O)C(=O)NC1CCC(CC)CC1. The molecule has 1 aliphatic carbocycles. The van der Waals surface area contributed by atoms with E-state index in [1.165, 1.54) is 6.42 Å². The second-order valence-electron chi connectivity index (χ2n) is 5.98. The molecule has 0 unspecified atom stereocenters. The quantitative estimate of drug-likeness (QED) is 0.820. The zero-order valence-corrected chi connectivity index (χ0v) is 13.9. The lowest BCUT2D eigenvalue weighted by molar-refractivity contribution is -0.136. The Bertz CT molecular complexity index is 537. The molecule has 126 valence electrons. The van der Waals surface area contributed by atoms with E-state index in [9.17, 15) is 9.59 Å². The van der Waals surface area contributed by atoms with Gasteiger partial charge in [0.05, 0.1) is 12.3 Å². The van der Waals surface area contributed by atoms with Gasteiger partial charge in [-0.2, -0.15) is 0 Å². The van der Waals surface area contributed by atoms with Gasteiger partial charge >= 0.3 is 11.8 Å². The minimum absolute atomic E-state index is 0.109. The predicted octanol–water partition coefficient (Wildman–Crippen LogP) is 3.11. The van der Waals surface area contributed by atoms with Crippen LogP contribution >= 0.6 is 0 Å². The van der Waals surface area contributed by atoms with Crippen LogP contribution in [0.1, 0.15) is 46.0 Å². The van der Waals surface area contributed by atoms with Crippen LogP contribution in [-0.4, -0.2) is 24.5 Å². The van der Waals surface area contributed by atoms with E-state index in [1.54, 1.807) is 18.2 Å². The molecule has 23 heavy (non-hydrogen) atoms. The van der Waals surface area contributed by atoms with Crippen LogP contribution in [0.25, 0.3) is 0 Å². The number of nitrogens with one attached hydrogen (secondary N) is 2. The van der Waals surface area contributed by atoms with Crippen molar-refractivity contribution < 1.29 is 14.3 Å². The summed E-state index contributed by atoms with van der Waals surface area (Å²) < 4.78 is 5.45. The third-order valence-electron chi connectivity index (χ3n) is 4.40. The number of benzene rings is 1. The van der Waals surface area contributed by atoms with E-state index in [0.717, 1.165) is 31.6 Å². The van der Waals surface area contributed by atoms with Crippen molar-refractivity contribution in [3.05, 3.63) is 24.3 Å². The molecule has 0 aliphatic heterocycles. The number of para-hydroxylation sites is 2. The number of hydrogen-bond donors (Lipinski definition) is 2. The minimum Gasteiger partial charge on any atom is -0.492 e. The summed E-state index contributed by atoms with van der Waals surface area (Å²) in [6.45, 7) is 4.57. The van der Waals surface area contributed by atoms with Crippen LogP contribution in [0.5, 0.6) is 5.75 Å². The van der Waals surface area contributed by atoms with Gasteiger partial charge in [-0.15, -0.1) is 0 Å². The first-order valence-electron chi connectivity index (χ1n) is 8.47. The van der Waals surface area contributed by atoms with Crippen molar-refractivity contribution in [2.24, 2.45) is 5.92 Å². The molecule has 2 N–H and O–H groups in total. The summed E-state index contributed by atoms with van der Waals surface area (Å²) in [6, 6.07) is 7.22. The molecule has 0 spiro atoms. The predicted molar refractivity (Wildman–Crippen MR) is 90.4 cm³/mol. The normalized spacial score (nSPS) is 20.6. The van der Waals surface area contributed by atoms with Crippen molar-refractivity contribution in [3.63, 3.8) is 0 Å². The Morgan fingerprint density at radius 1 is 1.09 bits per heavy atom. The number of amides is 2. The van der Waals surface area contributed by atoms with E-state index in [4.69, 9.17) is 4.74 Å². The fraction of sp³-hybridized carbons (Fsp3) is 0.556. The molecule has 0 saturated heterocycles. The highest BCUT2D eigenvalue weighted by atomic mass is 16.5. The molecule has 2 amide bonds. The Labute approximate surface area is 137 Å². The molecule has 0 aromatic heterocycles. The van der Waals surface area contributed by atoms with Crippen LogP contribution in [0.3, 0.4) is 0 Å². The van der Waals surface area contributed by atoms with E-state index >= 15 is 0 Å². The Balaban J connectivity index is 1.87. The summed E-state index contributed by atoms with van der Waals surface area (Å²) >= 11 is 0. The summed E-state index contributed by atoms with van der Waals surface area (Å²) in [6.07, 6.45) is 5.34. The molecule has 1 saturated carbocycles. The lowest BCUT2D eigenvalue weighted by Crippen LogP contribution is -2.43. The maximum atomic E-state index is 12.1. The smallest absolute Gasteiger partial charge is 0.313 e. The summed E-state index contributed by atoms with van der Waals surface area (Å²) in [5.41, 5.74) is 0.518. The van der Waals surface area contributed by atoms with E-state index in [0.29, 0.717) is 18.0 Å². The van der Waals surface area contributed by atoms with Crippen LogP contribution in [0.4, 0.5) is 5.69 Å². The molecule has 0 heterocycles. The van der Waals surface area contributed by atoms with Crippen LogP contribution in [-0.2, 0) is 9.59 Å². The molecule has 0 radical (unpaired) electrons. The topological polar surface area (TPSA) is 67.4 Å². The van der Waals surface area contributed by atoms with Crippen molar-refractivity contribution in [3.8, 4) is 5.75 Å². The molecule has 0 bridgehead atoms. The Kier molecular flexibility index (Phi) is 6.44. The number of anilines is 1. The average molecular weight is 318 g/mol. The zero-order chi connectivity index (χ0) is 16.7. The average Bonchev–Trinajstić information content (AvgIpc) is 2.57. The standard InChI is InChI=1S/C18H26N2O3/c1-3-13-9-11-14(12-10-13)19-17(21)18(22)20-15-7-5-6-8-16(15)23-4-2/h5-8,13-14H,3-4,9-12H2,1-2H3,(H,19,21)(H,20,22). The Morgan fingerprint density at radius 2 is 1.78 bits per heavy atom. The lowest BCUT2D eigenvalue weighted by atomic mass is 9.84. The molecular formula is C18H26N2O3. The first-order chi connectivity index (χ1) is 11.1. The Morgan fingerprint density at radius 3 is 2.43 bits per heavy atom. The van der Waals surface area contributed by atoms with Gasteiger partial charge in [0.15, 0.2) is 0 Å². The maximum Gasteiger partial charge on any atom is 0.313 e. The van der Waals surface area contributed by atoms with Gasteiger partial charge in [-0.25, -0.2) is 0 Å². The van der Waals surface area contributed by atoms with E-state index in [1.807, 2.05) is 13.0 Å². The number of ether oxygens (including phenoxy) is 1. The van der Waals surface area contributed by atoms with Crippen LogP contribution in [0.2, 0.25) is 0 Å². The van der Waals surface area contributed by atoms with Crippen molar-refractivity contribution in [1.82, 2.24) is 5.32 Å². The van der Waals surface area contributed by atoms with Gasteiger partial charge in [0.1, 0.15) is 5.75 Å². The third kappa shape index (κ3) is 4.98. The molecule has 5 heteroatoms. The number of carbonyl (C=O) groups is 2. The van der Waals surface area contributed by atoms with Gasteiger partial charge in [-0.1, -0.05) is 25.5 Å². The molecule has 2 rings (SSSR count). The van der Waals surface area contributed by atoms with E-state index in [-0.39, 0.29) is 6.04 Å². The Hall–Kier alpha value is -2.04. The van der Waals surface area contributed by atoms with Gasteiger partial charge < -0.3 is 15.4 Å². The van der Waals surface area contributed by atoms with E-state index in [2.05, 4.69) is 17.6 Å². The number of rotatable bonds is 5. The molecule has 1 aliphatic rings. The molecule has 1 aromatic carbocycles. The maximum absolute atomic E-state index is 12.1. The first kappa shape index (κ1) is 17.3. The van der Waals surface area contributed by atoms with Gasteiger partial charge in [-0.05, 0) is 50.7 Å². The van der Waals surface area contributed by atoms with Crippen LogP contribution < -0.4 is 15.4 Å². The summed E-state index contributed by atoms with van der Waals surface area (Å²) in [7, 11) is 0. The highest BCUT2D eigenvalue weighted by Crippen LogP contribution is 2.26. The van der Waals surface area contributed by atoms with Crippen LogP contribution in [0, 0.1) is 5.92 Å². The highest BCUT2D eigenvalue weighted by Gasteiger charge is 2.24. The third-order valence-corrected chi connectivity index (χ3v) is 4.40. The minimum atomic E-state index is -0.644. The fourth-order valence-corrected chi connectivity index (χ4v) is 3.00. The van der Waals surface area contributed by atoms with Gasteiger partial charge in [0.25, 0.3) is 0 Å². The summed E-state index contributed by atoms with van der Waals surface area (Å²) in [5.74, 6) is 0.112. The van der Waals surface area contributed by atoms with Crippen molar-refractivity contribution in [2.45, 2.75) is 52.0 Å². The van der Waals surface area contributed by atoms with Crippen LogP contribution in [0.15, 0.2) is 24.3 Å². The zero-order valence-electron chi connectivity index (χ0n) is 13.9. The number of carbonyl (C=O) groups excluding carboxylic acids is 2. The first-order valence-corrected chi connectivity index (χ1v) is 8.47. The van der Waals surface area contributed by atoms with Crippen molar-refractivity contribution in [2.75, 3.05) is 11.9 Å². The van der Waals surface area contributed by atoms with Crippen molar-refractivity contribution >= 4 is 17.5 Å². The molecular weight excluding hydrogens is 292 g/mol. The summed E-state index contributed by atoms with van der Waals surface area (Å²) in [4.78, 5) is 24.2. The molecule has 1 fully saturated rings. The highest BCUT2D eigenvalue weighted by molar-refractivity contribution is 6.39. The second kappa shape index (κ2) is 8.56. The molecule has 1 aromatic rings. The van der Waals surface area contributed by atoms with Crippen molar-refractivity contribution in [1.29, 1.82) is 0 Å². The lowest BCUT2D eigenvalue weighted by Gasteiger charge is -2.28.